The molecule has 0 aliphatic carbocycles. The van der Waals surface area contributed by atoms with Crippen LogP contribution in [0.25, 0.3) is 0 Å². The molecule has 0 atom stereocenters. The van der Waals surface area contributed by atoms with Crippen LogP contribution in [0.3, 0.4) is 0 Å². The quantitative estimate of drug-likeness (QED) is 0.600. The lowest BCUT2D eigenvalue weighted by Gasteiger charge is -1.86. The molecule has 0 aromatic carbocycles. The first-order chi connectivity index (χ1) is 4.34. The van der Waals surface area contributed by atoms with Crippen molar-refractivity contribution in [1.82, 2.24) is 10.3 Å². The SMILES string of the molecule is CCCc1nonc1C. The molecule has 50 valence electrons. The third kappa shape index (κ3) is 1.28. The predicted octanol–water partition coefficient (Wildman–Crippen LogP) is 1.33. The lowest BCUT2D eigenvalue weighted by atomic mass is 10.2. The first-order valence-electron chi connectivity index (χ1n) is 3.12. The molecule has 0 N–H and O–H groups in total. The first kappa shape index (κ1) is 6.26. The fourth-order valence-electron chi connectivity index (χ4n) is 0.713. The second-order valence-electron chi connectivity index (χ2n) is 2.05. The molecule has 1 aromatic rings. The Kier molecular flexibility index (Phi) is 1.82. The van der Waals surface area contributed by atoms with Crippen LogP contribution in [0.2, 0.25) is 0 Å². The van der Waals surface area contributed by atoms with Crippen molar-refractivity contribution < 1.29 is 4.63 Å². The number of rotatable bonds is 2. The molecule has 0 amide bonds. The summed E-state index contributed by atoms with van der Waals surface area (Å²) < 4.78 is 4.50. The zero-order chi connectivity index (χ0) is 6.69. The highest BCUT2D eigenvalue weighted by Crippen LogP contribution is 2.02. The summed E-state index contributed by atoms with van der Waals surface area (Å²) >= 11 is 0. The summed E-state index contributed by atoms with van der Waals surface area (Å²) in [6.07, 6.45) is 2.06. The zero-order valence-electron chi connectivity index (χ0n) is 5.72. The molecule has 0 aliphatic heterocycles. The summed E-state index contributed by atoms with van der Waals surface area (Å²) in [6.45, 7) is 4.01. The van der Waals surface area contributed by atoms with E-state index >= 15 is 0 Å². The Morgan fingerprint density at radius 3 is 2.67 bits per heavy atom. The van der Waals surface area contributed by atoms with E-state index in [4.69, 9.17) is 0 Å². The Bertz CT molecular complexity index is 183. The van der Waals surface area contributed by atoms with Crippen LogP contribution in [0, 0.1) is 6.92 Å². The van der Waals surface area contributed by atoms with Crippen molar-refractivity contribution in [3.8, 4) is 0 Å². The van der Waals surface area contributed by atoms with Gasteiger partial charge in [0.25, 0.3) is 0 Å². The van der Waals surface area contributed by atoms with Crippen LogP contribution in [0.15, 0.2) is 4.63 Å². The van der Waals surface area contributed by atoms with Crippen LogP contribution in [0.1, 0.15) is 24.7 Å². The lowest BCUT2D eigenvalue weighted by Crippen LogP contribution is -1.85. The molecule has 1 heterocycles. The van der Waals surface area contributed by atoms with Gasteiger partial charge in [0.15, 0.2) is 0 Å². The fourth-order valence-corrected chi connectivity index (χ4v) is 0.713. The summed E-state index contributed by atoms with van der Waals surface area (Å²) in [7, 11) is 0. The van der Waals surface area contributed by atoms with Gasteiger partial charge in [-0.2, -0.15) is 0 Å². The van der Waals surface area contributed by atoms with Crippen LogP contribution in [-0.4, -0.2) is 10.3 Å². The Labute approximate surface area is 54.0 Å². The van der Waals surface area contributed by atoms with Gasteiger partial charge in [-0.1, -0.05) is 23.7 Å². The Hall–Kier alpha value is -0.860. The van der Waals surface area contributed by atoms with Crippen LogP contribution in [-0.2, 0) is 6.42 Å². The van der Waals surface area contributed by atoms with Gasteiger partial charge in [-0.3, -0.25) is 0 Å². The van der Waals surface area contributed by atoms with Crippen LogP contribution < -0.4 is 0 Å². The monoisotopic (exact) mass is 126 g/mol. The summed E-state index contributed by atoms with van der Waals surface area (Å²) in [4.78, 5) is 0. The minimum atomic E-state index is 0.914. The molecule has 1 aromatic heterocycles. The van der Waals surface area contributed by atoms with E-state index in [2.05, 4.69) is 21.9 Å². The van der Waals surface area contributed by atoms with Gasteiger partial charge in [0, 0.05) is 0 Å². The third-order valence-corrected chi connectivity index (χ3v) is 1.23. The van der Waals surface area contributed by atoms with E-state index in [1.165, 1.54) is 0 Å². The number of nitrogens with zero attached hydrogens (tertiary/aromatic N) is 2. The maximum Gasteiger partial charge on any atom is 0.108 e. The summed E-state index contributed by atoms with van der Waals surface area (Å²) in [5.74, 6) is 0. The number of hydrogen-bond acceptors (Lipinski definition) is 3. The maximum absolute atomic E-state index is 4.50. The number of hydrogen-bond donors (Lipinski definition) is 0. The van der Waals surface area contributed by atoms with Gasteiger partial charge in [-0.15, -0.1) is 0 Å². The minimum absolute atomic E-state index is 0.914. The number of aryl methyl sites for hydroxylation is 2. The van der Waals surface area contributed by atoms with Crippen molar-refractivity contribution >= 4 is 0 Å². The van der Waals surface area contributed by atoms with Gasteiger partial charge in [-0.05, 0) is 13.3 Å². The second kappa shape index (κ2) is 2.62. The topological polar surface area (TPSA) is 38.9 Å². The van der Waals surface area contributed by atoms with Crippen LogP contribution in [0.5, 0.6) is 0 Å². The van der Waals surface area contributed by atoms with Gasteiger partial charge in [0.1, 0.15) is 11.4 Å². The van der Waals surface area contributed by atoms with Crippen molar-refractivity contribution in [3.63, 3.8) is 0 Å². The Balaban J connectivity index is 2.69. The van der Waals surface area contributed by atoms with Gasteiger partial charge in [0.2, 0.25) is 0 Å². The molecule has 1 rings (SSSR count). The smallest absolute Gasteiger partial charge is 0.108 e. The molecular formula is C6H10N2O. The Morgan fingerprint density at radius 1 is 1.44 bits per heavy atom. The third-order valence-electron chi connectivity index (χ3n) is 1.23. The molecule has 0 unspecified atom stereocenters. The molecule has 0 radical (unpaired) electrons. The summed E-state index contributed by atoms with van der Waals surface area (Å²) in [6, 6.07) is 0. The van der Waals surface area contributed by atoms with E-state index in [1.807, 2.05) is 6.92 Å². The summed E-state index contributed by atoms with van der Waals surface area (Å²) in [5, 5.41) is 7.37. The molecule has 0 bridgehead atoms. The molecule has 0 aliphatic rings. The van der Waals surface area contributed by atoms with Gasteiger partial charge in [-0.25, -0.2) is 4.63 Å². The standard InChI is InChI=1S/C6H10N2O/c1-3-4-6-5(2)7-9-8-6/h3-4H2,1-2H3. The van der Waals surface area contributed by atoms with Gasteiger partial charge >= 0.3 is 0 Å². The second-order valence-corrected chi connectivity index (χ2v) is 2.05. The van der Waals surface area contributed by atoms with Crippen molar-refractivity contribution in [2.24, 2.45) is 0 Å². The van der Waals surface area contributed by atoms with Crippen molar-refractivity contribution in [1.29, 1.82) is 0 Å². The van der Waals surface area contributed by atoms with E-state index < -0.39 is 0 Å². The summed E-state index contributed by atoms with van der Waals surface area (Å²) in [5.41, 5.74) is 1.90. The minimum Gasteiger partial charge on any atom is -0.244 e. The lowest BCUT2D eigenvalue weighted by molar-refractivity contribution is 0.301. The number of aromatic nitrogens is 2. The predicted molar refractivity (Wildman–Crippen MR) is 33.0 cm³/mol. The highest BCUT2D eigenvalue weighted by molar-refractivity contribution is 5.03. The van der Waals surface area contributed by atoms with Crippen molar-refractivity contribution in [3.05, 3.63) is 11.4 Å². The first-order valence-corrected chi connectivity index (χ1v) is 3.12. The van der Waals surface area contributed by atoms with E-state index in [9.17, 15) is 0 Å². The highest BCUT2D eigenvalue weighted by atomic mass is 16.6. The molecule has 0 saturated heterocycles. The highest BCUT2D eigenvalue weighted by Gasteiger charge is 2.00. The molecule has 3 nitrogen and oxygen atoms in total. The molecular weight excluding hydrogens is 116 g/mol. The van der Waals surface area contributed by atoms with Crippen molar-refractivity contribution in [2.45, 2.75) is 26.7 Å². The van der Waals surface area contributed by atoms with Gasteiger partial charge < -0.3 is 0 Å². The largest absolute Gasteiger partial charge is 0.244 e. The van der Waals surface area contributed by atoms with E-state index in [0.717, 1.165) is 24.2 Å². The molecule has 9 heavy (non-hydrogen) atoms. The van der Waals surface area contributed by atoms with E-state index in [0.29, 0.717) is 0 Å². The van der Waals surface area contributed by atoms with E-state index in [-0.39, 0.29) is 0 Å². The van der Waals surface area contributed by atoms with Crippen molar-refractivity contribution in [2.75, 3.05) is 0 Å². The zero-order valence-corrected chi connectivity index (χ0v) is 5.72. The molecule has 3 heteroatoms. The fraction of sp³-hybridized carbons (Fsp3) is 0.667. The molecule has 0 spiro atoms. The van der Waals surface area contributed by atoms with E-state index in [1.54, 1.807) is 0 Å². The van der Waals surface area contributed by atoms with Crippen LogP contribution in [0.4, 0.5) is 0 Å². The molecule has 0 fully saturated rings. The Morgan fingerprint density at radius 2 is 2.22 bits per heavy atom. The normalized spacial score (nSPS) is 10.0. The van der Waals surface area contributed by atoms with Gasteiger partial charge in [0.05, 0.1) is 0 Å². The average Bonchev–Trinajstić information content (AvgIpc) is 2.18. The maximum atomic E-state index is 4.50. The molecule has 0 saturated carbocycles. The average molecular weight is 126 g/mol. The van der Waals surface area contributed by atoms with Crippen LogP contribution >= 0.6 is 0 Å².